The summed E-state index contributed by atoms with van der Waals surface area (Å²) in [5, 5.41) is 3.03. The molecule has 1 aliphatic heterocycles. The number of thiophene rings is 1. The quantitative estimate of drug-likeness (QED) is 0.828. The molecule has 0 saturated carbocycles. The van der Waals surface area contributed by atoms with Gasteiger partial charge in [0, 0.05) is 37.8 Å². The van der Waals surface area contributed by atoms with Crippen LogP contribution in [0, 0.1) is 0 Å². The topological polar surface area (TPSA) is 36.4 Å². The summed E-state index contributed by atoms with van der Waals surface area (Å²) >= 11 is 6.53. The fourth-order valence-electron chi connectivity index (χ4n) is 2.06. The highest BCUT2D eigenvalue weighted by Crippen LogP contribution is 2.24. The number of piperazine rings is 1. The first kappa shape index (κ1) is 13.1. The minimum atomic E-state index is 0.134. The van der Waals surface area contributed by atoms with Crippen LogP contribution in [0.15, 0.2) is 27.5 Å². The molecule has 0 aromatic carbocycles. The SMILES string of the molecule is O=C(c1ccc(Br)s1)N1CCN(c2nccs2)CC1. The minimum Gasteiger partial charge on any atom is -0.345 e. The van der Waals surface area contributed by atoms with Gasteiger partial charge in [-0.3, -0.25) is 4.79 Å². The second kappa shape index (κ2) is 5.60. The molecule has 0 unspecified atom stereocenters. The number of hydrogen-bond donors (Lipinski definition) is 0. The summed E-state index contributed by atoms with van der Waals surface area (Å²) in [6, 6.07) is 3.80. The number of amides is 1. The first-order valence-corrected chi connectivity index (χ1v) is 8.42. The highest BCUT2D eigenvalue weighted by molar-refractivity contribution is 9.11. The van der Waals surface area contributed by atoms with Crippen molar-refractivity contribution < 1.29 is 4.79 Å². The van der Waals surface area contributed by atoms with Crippen LogP contribution in [0.1, 0.15) is 9.67 Å². The molecule has 0 atom stereocenters. The van der Waals surface area contributed by atoms with E-state index in [-0.39, 0.29) is 5.91 Å². The maximum Gasteiger partial charge on any atom is 0.264 e. The Hall–Kier alpha value is -0.920. The standard InChI is InChI=1S/C12H12BrN3OS2/c13-10-2-1-9(19-10)11(17)15-4-6-16(7-5-15)12-14-3-8-18-12/h1-3,8H,4-7H2. The summed E-state index contributed by atoms with van der Waals surface area (Å²) in [4.78, 5) is 21.6. The number of halogens is 1. The molecule has 1 saturated heterocycles. The van der Waals surface area contributed by atoms with Crippen LogP contribution in [-0.4, -0.2) is 42.0 Å². The van der Waals surface area contributed by atoms with Gasteiger partial charge in [-0.15, -0.1) is 22.7 Å². The Morgan fingerprint density at radius 2 is 2.05 bits per heavy atom. The summed E-state index contributed by atoms with van der Waals surface area (Å²) in [7, 11) is 0. The molecular formula is C12H12BrN3OS2. The molecule has 0 N–H and O–H groups in total. The van der Waals surface area contributed by atoms with Gasteiger partial charge in [-0.2, -0.15) is 0 Å². The van der Waals surface area contributed by atoms with Crippen LogP contribution in [0.2, 0.25) is 0 Å². The fraction of sp³-hybridized carbons (Fsp3) is 0.333. The molecule has 0 spiro atoms. The lowest BCUT2D eigenvalue weighted by molar-refractivity contribution is 0.0751. The number of aromatic nitrogens is 1. The van der Waals surface area contributed by atoms with Crippen molar-refractivity contribution in [3.8, 4) is 0 Å². The van der Waals surface area contributed by atoms with Gasteiger partial charge in [0.25, 0.3) is 5.91 Å². The summed E-state index contributed by atoms with van der Waals surface area (Å²) in [5.41, 5.74) is 0. The number of carbonyl (C=O) groups excluding carboxylic acids is 1. The number of carbonyl (C=O) groups is 1. The van der Waals surface area contributed by atoms with Crippen LogP contribution in [0.5, 0.6) is 0 Å². The molecule has 1 fully saturated rings. The average Bonchev–Trinajstić information content (AvgIpc) is 3.09. The van der Waals surface area contributed by atoms with Gasteiger partial charge in [-0.05, 0) is 28.1 Å². The molecule has 100 valence electrons. The van der Waals surface area contributed by atoms with E-state index in [0.717, 1.165) is 40.0 Å². The van der Waals surface area contributed by atoms with Gasteiger partial charge in [0.15, 0.2) is 5.13 Å². The smallest absolute Gasteiger partial charge is 0.264 e. The number of anilines is 1. The zero-order chi connectivity index (χ0) is 13.2. The zero-order valence-corrected chi connectivity index (χ0v) is 13.3. The molecule has 19 heavy (non-hydrogen) atoms. The van der Waals surface area contributed by atoms with E-state index in [9.17, 15) is 4.79 Å². The first-order valence-electron chi connectivity index (χ1n) is 5.93. The van der Waals surface area contributed by atoms with Crippen molar-refractivity contribution in [3.05, 3.63) is 32.4 Å². The number of rotatable bonds is 2. The predicted molar refractivity (Wildman–Crippen MR) is 82.2 cm³/mol. The Morgan fingerprint density at radius 3 is 2.63 bits per heavy atom. The van der Waals surface area contributed by atoms with Crippen LogP contribution < -0.4 is 4.90 Å². The van der Waals surface area contributed by atoms with E-state index in [1.54, 1.807) is 11.3 Å². The second-order valence-electron chi connectivity index (χ2n) is 4.20. The molecule has 2 aromatic heterocycles. The molecule has 0 bridgehead atoms. The van der Waals surface area contributed by atoms with Crippen LogP contribution in [0.3, 0.4) is 0 Å². The molecular weight excluding hydrogens is 346 g/mol. The summed E-state index contributed by atoms with van der Waals surface area (Å²) in [6.07, 6.45) is 1.82. The van der Waals surface area contributed by atoms with E-state index in [1.807, 2.05) is 28.6 Å². The zero-order valence-electron chi connectivity index (χ0n) is 10.1. The van der Waals surface area contributed by atoms with Gasteiger partial charge in [0.1, 0.15) is 0 Å². The third-order valence-corrected chi connectivity index (χ3v) is 5.48. The van der Waals surface area contributed by atoms with Crippen molar-refractivity contribution in [2.75, 3.05) is 31.1 Å². The lowest BCUT2D eigenvalue weighted by Gasteiger charge is -2.34. The maximum absolute atomic E-state index is 12.3. The monoisotopic (exact) mass is 357 g/mol. The Labute approximate surface area is 127 Å². The molecule has 2 aromatic rings. The molecule has 1 amide bonds. The van der Waals surface area contributed by atoms with Crippen molar-refractivity contribution in [1.29, 1.82) is 0 Å². The molecule has 7 heteroatoms. The van der Waals surface area contributed by atoms with E-state index in [0.29, 0.717) is 0 Å². The van der Waals surface area contributed by atoms with Crippen LogP contribution in [0.25, 0.3) is 0 Å². The predicted octanol–water partition coefficient (Wildman–Crippen LogP) is 2.93. The average molecular weight is 358 g/mol. The lowest BCUT2D eigenvalue weighted by atomic mass is 10.3. The Kier molecular flexibility index (Phi) is 3.86. The van der Waals surface area contributed by atoms with E-state index >= 15 is 0 Å². The van der Waals surface area contributed by atoms with Gasteiger partial charge in [0.2, 0.25) is 0 Å². The Bertz CT molecular complexity index is 561. The summed E-state index contributed by atoms with van der Waals surface area (Å²) in [5.74, 6) is 0.134. The molecule has 0 aliphatic carbocycles. The van der Waals surface area contributed by atoms with Crippen molar-refractivity contribution in [2.24, 2.45) is 0 Å². The third-order valence-electron chi connectivity index (χ3n) is 3.04. The first-order chi connectivity index (χ1) is 9.24. The van der Waals surface area contributed by atoms with Crippen LogP contribution in [0.4, 0.5) is 5.13 Å². The van der Waals surface area contributed by atoms with Gasteiger partial charge in [-0.25, -0.2) is 4.98 Å². The molecule has 4 nitrogen and oxygen atoms in total. The molecule has 0 radical (unpaired) electrons. The molecule has 1 aliphatic rings. The van der Waals surface area contributed by atoms with E-state index in [2.05, 4.69) is 25.8 Å². The van der Waals surface area contributed by atoms with Crippen molar-refractivity contribution in [2.45, 2.75) is 0 Å². The highest BCUT2D eigenvalue weighted by Gasteiger charge is 2.23. The van der Waals surface area contributed by atoms with E-state index in [4.69, 9.17) is 0 Å². The molecule has 3 heterocycles. The van der Waals surface area contributed by atoms with E-state index < -0.39 is 0 Å². The third kappa shape index (κ3) is 2.82. The van der Waals surface area contributed by atoms with Crippen molar-refractivity contribution in [1.82, 2.24) is 9.88 Å². The van der Waals surface area contributed by atoms with E-state index in [1.165, 1.54) is 11.3 Å². The number of nitrogens with zero attached hydrogens (tertiary/aromatic N) is 3. The number of thiazole rings is 1. The second-order valence-corrected chi connectivity index (χ2v) is 7.53. The van der Waals surface area contributed by atoms with Gasteiger partial charge in [0.05, 0.1) is 8.66 Å². The summed E-state index contributed by atoms with van der Waals surface area (Å²) in [6.45, 7) is 3.22. The minimum absolute atomic E-state index is 0.134. The van der Waals surface area contributed by atoms with Crippen LogP contribution in [-0.2, 0) is 0 Å². The highest BCUT2D eigenvalue weighted by atomic mass is 79.9. The van der Waals surface area contributed by atoms with Crippen molar-refractivity contribution >= 4 is 49.6 Å². The van der Waals surface area contributed by atoms with Crippen molar-refractivity contribution in [3.63, 3.8) is 0 Å². The Morgan fingerprint density at radius 1 is 1.26 bits per heavy atom. The fourth-order valence-corrected chi connectivity index (χ4v) is 4.11. The Balaban J connectivity index is 1.62. The van der Waals surface area contributed by atoms with Gasteiger partial charge >= 0.3 is 0 Å². The molecule has 3 rings (SSSR count). The maximum atomic E-state index is 12.3. The van der Waals surface area contributed by atoms with Gasteiger partial charge < -0.3 is 9.80 Å². The number of hydrogen-bond acceptors (Lipinski definition) is 5. The van der Waals surface area contributed by atoms with Crippen LogP contribution >= 0.6 is 38.6 Å². The largest absolute Gasteiger partial charge is 0.345 e. The lowest BCUT2D eigenvalue weighted by Crippen LogP contribution is -2.48. The summed E-state index contributed by atoms with van der Waals surface area (Å²) < 4.78 is 0.997. The normalized spacial score (nSPS) is 15.8. The van der Waals surface area contributed by atoms with Gasteiger partial charge in [-0.1, -0.05) is 0 Å².